The van der Waals surface area contributed by atoms with Crippen LogP contribution in [0.3, 0.4) is 0 Å². The van der Waals surface area contributed by atoms with Crippen LogP contribution in [0.1, 0.15) is 28.3 Å². The highest BCUT2D eigenvalue weighted by molar-refractivity contribution is 5.66. The summed E-state index contributed by atoms with van der Waals surface area (Å²) in [4.78, 5) is 4.30. The molecule has 4 rings (SSSR count). The highest BCUT2D eigenvalue weighted by atomic mass is 19.4. The number of oxazole rings is 1. The minimum Gasteiger partial charge on any atom is -0.487 e. The number of alkyl halides is 3. The molecule has 10 heteroatoms. The molecule has 0 atom stereocenters. The molecule has 0 fully saturated rings. The Morgan fingerprint density at radius 2 is 1.76 bits per heavy atom. The molecule has 2 heterocycles. The first-order chi connectivity index (χ1) is 16.5. The van der Waals surface area contributed by atoms with Crippen molar-refractivity contribution >= 4 is 12.2 Å². The van der Waals surface area contributed by atoms with E-state index in [1.807, 2.05) is 24.3 Å². The van der Waals surface area contributed by atoms with Gasteiger partial charge < -0.3 is 13.9 Å². The maximum absolute atomic E-state index is 12.6. The lowest BCUT2D eigenvalue weighted by Crippen LogP contribution is -2.06. The van der Waals surface area contributed by atoms with E-state index in [4.69, 9.17) is 13.9 Å². The summed E-state index contributed by atoms with van der Waals surface area (Å²) in [6, 6.07) is 12.4. The zero-order valence-electron chi connectivity index (χ0n) is 18.0. The molecule has 34 heavy (non-hydrogen) atoms. The highest BCUT2D eigenvalue weighted by Crippen LogP contribution is 2.29. The number of ether oxygens (including phenoxy) is 2. The largest absolute Gasteiger partial charge is 0.487 e. The fraction of sp³-hybridized carbons (Fsp3) is 0.208. The Morgan fingerprint density at radius 1 is 0.971 bits per heavy atom. The summed E-state index contributed by atoms with van der Waals surface area (Å²) in [5.41, 5.74) is 1.52. The van der Waals surface area contributed by atoms with Crippen LogP contribution in [0.5, 0.6) is 5.75 Å². The topological polar surface area (TPSA) is 75.2 Å². The second-order valence-corrected chi connectivity index (χ2v) is 7.28. The maximum atomic E-state index is 12.6. The molecule has 0 saturated carbocycles. The van der Waals surface area contributed by atoms with Crippen LogP contribution in [0.4, 0.5) is 13.2 Å². The number of halogens is 3. The summed E-state index contributed by atoms with van der Waals surface area (Å²) in [5.74, 6) is 1.01. The molecule has 0 radical (unpaired) electrons. The first-order valence-corrected chi connectivity index (χ1v) is 10.4. The van der Waals surface area contributed by atoms with E-state index in [0.717, 1.165) is 17.7 Å². The van der Waals surface area contributed by atoms with Gasteiger partial charge in [-0.25, -0.2) is 4.98 Å². The molecule has 0 amide bonds. The zero-order chi connectivity index (χ0) is 23.8. The number of rotatable bonds is 10. The molecule has 7 nitrogen and oxygen atoms in total. The molecule has 0 spiro atoms. The zero-order valence-corrected chi connectivity index (χ0v) is 18.0. The minimum absolute atomic E-state index is 0.214. The monoisotopic (exact) mass is 470 g/mol. The SMILES string of the molecule is FC(F)(F)c1ccc(/C=C/c2nc(COc3ccc(COCCn4ccnn4)cc3)co2)cc1. The molecule has 0 saturated heterocycles. The van der Waals surface area contributed by atoms with Gasteiger partial charge in [0.05, 0.1) is 31.5 Å². The smallest absolute Gasteiger partial charge is 0.416 e. The van der Waals surface area contributed by atoms with Crippen LogP contribution in [0.25, 0.3) is 12.2 Å². The van der Waals surface area contributed by atoms with E-state index >= 15 is 0 Å². The van der Waals surface area contributed by atoms with Gasteiger partial charge in [0.1, 0.15) is 24.3 Å². The van der Waals surface area contributed by atoms with Gasteiger partial charge in [-0.15, -0.1) is 5.10 Å². The van der Waals surface area contributed by atoms with Crippen molar-refractivity contribution in [3.05, 3.63) is 95.5 Å². The Morgan fingerprint density at radius 3 is 2.47 bits per heavy atom. The molecule has 2 aromatic carbocycles. The van der Waals surface area contributed by atoms with Crippen LogP contribution in [0, 0.1) is 0 Å². The average Bonchev–Trinajstić information content (AvgIpc) is 3.52. The molecular weight excluding hydrogens is 449 g/mol. The van der Waals surface area contributed by atoms with Crippen LogP contribution in [-0.4, -0.2) is 26.6 Å². The van der Waals surface area contributed by atoms with Gasteiger partial charge in [0, 0.05) is 12.3 Å². The normalized spacial score (nSPS) is 11.9. The summed E-state index contributed by atoms with van der Waals surface area (Å²) in [7, 11) is 0. The van der Waals surface area contributed by atoms with Crippen molar-refractivity contribution in [3.8, 4) is 5.75 Å². The average molecular weight is 470 g/mol. The van der Waals surface area contributed by atoms with E-state index in [1.165, 1.54) is 18.4 Å². The lowest BCUT2D eigenvalue weighted by atomic mass is 10.1. The van der Waals surface area contributed by atoms with E-state index in [-0.39, 0.29) is 6.61 Å². The highest BCUT2D eigenvalue weighted by Gasteiger charge is 2.29. The summed E-state index contributed by atoms with van der Waals surface area (Å²) >= 11 is 0. The third-order valence-electron chi connectivity index (χ3n) is 4.74. The predicted molar refractivity (Wildman–Crippen MR) is 117 cm³/mol. The second kappa shape index (κ2) is 10.8. The third-order valence-corrected chi connectivity index (χ3v) is 4.74. The first kappa shape index (κ1) is 23.2. The van der Waals surface area contributed by atoms with Gasteiger partial charge >= 0.3 is 6.18 Å². The van der Waals surface area contributed by atoms with Crippen molar-refractivity contribution in [2.45, 2.75) is 25.9 Å². The van der Waals surface area contributed by atoms with Gasteiger partial charge in [0.25, 0.3) is 0 Å². The van der Waals surface area contributed by atoms with Crippen molar-refractivity contribution < 1.29 is 27.1 Å². The van der Waals surface area contributed by atoms with E-state index in [9.17, 15) is 13.2 Å². The van der Waals surface area contributed by atoms with E-state index in [1.54, 1.807) is 29.2 Å². The van der Waals surface area contributed by atoms with Crippen LogP contribution < -0.4 is 4.74 Å². The van der Waals surface area contributed by atoms with Crippen molar-refractivity contribution in [3.63, 3.8) is 0 Å². The fourth-order valence-corrected chi connectivity index (χ4v) is 2.96. The summed E-state index contributed by atoms with van der Waals surface area (Å²) < 4.78 is 56.3. The molecule has 0 bridgehead atoms. The Kier molecular flexibility index (Phi) is 7.38. The molecule has 0 N–H and O–H groups in total. The number of aromatic nitrogens is 4. The van der Waals surface area contributed by atoms with Crippen molar-refractivity contribution in [2.24, 2.45) is 0 Å². The van der Waals surface area contributed by atoms with Crippen LogP contribution in [0.2, 0.25) is 0 Å². The van der Waals surface area contributed by atoms with E-state index < -0.39 is 11.7 Å². The second-order valence-electron chi connectivity index (χ2n) is 7.28. The standard InChI is InChI=1S/C24H21F3N4O3/c25-24(26,27)20-6-1-18(2-7-20)5-10-23-29-21(17-34-23)16-33-22-8-3-19(4-9-22)15-32-14-13-31-12-11-28-30-31/h1-12,17H,13-16H2/b10-5+. The summed E-state index contributed by atoms with van der Waals surface area (Å²) in [6.45, 7) is 1.86. The first-order valence-electron chi connectivity index (χ1n) is 10.4. The number of hydrogen-bond donors (Lipinski definition) is 0. The molecular formula is C24H21F3N4O3. The molecule has 176 valence electrons. The molecule has 4 aromatic rings. The van der Waals surface area contributed by atoms with Crippen molar-refractivity contribution in [1.29, 1.82) is 0 Å². The van der Waals surface area contributed by atoms with Gasteiger partial charge in [-0.3, -0.25) is 4.68 Å². The number of nitrogens with zero attached hydrogens (tertiary/aromatic N) is 4. The van der Waals surface area contributed by atoms with Gasteiger partial charge in [-0.1, -0.05) is 29.5 Å². The predicted octanol–water partition coefficient (Wildman–Crippen LogP) is 5.25. The van der Waals surface area contributed by atoms with Gasteiger partial charge in [-0.2, -0.15) is 13.2 Å². The minimum atomic E-state index is -4.35. The molecule has 2 aromatic heterocycles. The Balaban J connectivity index is 1.21. The Hall–Kier alpha value is -3.92. The quantitative estimate of drug-likeness (QED) is 0.295. The third kappa shape index (κ3) is 6.79. The lowest BCUT2D eigenvalue weighted by molar-refractivity contribution is -0.137. The van der Waals surface area contributed by atoms with Gasteiger partial charge in [-0.05, 0) is 41.5 Å². The van der Waals surface area contributed by atoms with E-state index in [2.05, 4.69) is 15.3 Å². The van der Waals surface area contributed by atoms with Gasteiger partial charge in [0.15, 0.2) is 0 Å². The summed E-state index contributed by atoms with van der Waals surface area (Å²) in [6.07, 6.45) is 3.74. The molecule has 0 unspecified atom stereocenters. The van der Waals surface area contributed by atoms with Crippen LogP contribution >= 0.6 is 0 Å². The number of benzene rings is 2. The Labute approximate surface area is 193 Å². The molecule has 0 aliphatic heterocycles. The maximum Gasteiger partial charge on any atom is 0.416 e. The van der Waals surface area contributed by atoms with E-state index in [0.29, 0.717) is 42.7 Å². The van der Waals surface area contributed by atoms with Crippen molar-refractivity contribution in [1.82, 2.24) is 20.0 Å². The number of hydrogen-bond acceptors (Lipinski definition) is 6. The molecule has 0 aliphatic rings. The van der Waals surface area contributed by atoms with Gasteiger partial charge in [0.2, 0.25) is 5.89 Å². The van der Waals surface area contributed by atoms with Crippen molar-refractivity contribution in [2.75, 3.05) is 6.61 Å². The van der Waals surface area contributed by atoms with Crippen LogP contribution in [-0.2, 0) is 30.7 Å². The fourth-order valence-electron chi connectivity index (χ4n) is 2.96. The lowest BCUT2D eigenvalue weighted by Gasteiger charge is -2.07. The molecule has 0 aliphatic carbocycles. The Bertz CT molecular complexity index is 1190. The van der Waals surface area contributed by atoms with Crippen LogP contribution in [0.15, 0.2) is 71.6 Å². The summed E-state index contributed by atoms with van der Waals surface area (Å²) in [5, 5.41) is 7.61.